The lowest BCUT2D eigenvalue weighted by Crippen LogP contribution is -2.07. The Labute approximate surface area is 150 Å². The number of allylic oxidation sites excluding steroid dienone is 1. The lowest BCUT2D eigenvalue weighted by atomic mass is 10.0. The van der Waals surface area contributed by atoms with Crippen molar-refractivity contribution in [3.8, 4) is 17.3 Å². The van der Waals surface area contributed by atoms with E-state index in [1.54, 1.807) is 17.5 Å². The summed E-state index contributed by atoms with van der Waals surface area (Å²) in [5.41, 5.74) is 0.287. The summed E-state index contributed by atoms with van der Waals surface area (Å²) in [6.07, 6.45) is -3.34. The van der Waals surface area contributed by atoms with Gasteiger partial charge in [-0.05, 0) is 42.0 Å². The van der Waals surface area contributed by atoms with Gasteiger partial charge in [0.2, 0.25) is 0 Å². The molecule has 0 aliphatic heterocycles. The predicted octanol–water partition coefficient (Wildman–Crippen LogP) is 6.03. The summed E-state index contributed by atoms with van der Waals surface area (Å²) >= 11 is 1.14. The van der Waals surface area contributed by atoms with E-state index in [4.69, 9.17) is 0 Å². The Morgan fingerprint density at radius 1 is 1.08 bits per heavy atom. The average molecular weight is 374 g/mol. The molecule has 2 nitrogen and oxygen atoms in total. The molecule has 26 heavy (non-hydrogen) atoms. The Hall–Kier alpha value is -2.98. The SMILES string of the molecule is N#CC(=Cc1ccccc1C(F)(F)F)c1nc(-c2ccc(F)cc2)cs1. The van der Waals surface area contributed by atoms with E-state index in [2.05, 4.69) is 4.98 Å². The molecule has 0 saturated heterocycles. The van der Waals surface area contributed by atoms with Crippen molar-refractivity contribution < 1.29 is 17.6 Å². The van der Waals surface area contributed by atoms with Crippen LogP contribution in [-0.4, -0.2) is 4.98 Å². The zero-order valence-corrected chi connectivity index (χ0v) is 13.9. The van der Waals surface area contributed by atoms with Crippen LogP contribution in [-0.2, 0) is 6.18 Å². The van der Waals surface area contributed by atoms with Crippen LogP contribution in [0.4, 0.5) is 17.6 Å². The molecule has 3 rings (SSSR count). The van der Waals surface area contributed by atoms with Gasteiger partial charge >= 0.3 is 6.18 Å². The van der Waals surface area contributed by atoms with Crippen molar-refractivity contribution in [2.45, 2.75) is 6.18 Å². The molecule has 0 saturated carbocycles. The van der Waals surface area contributed by atoms with E-state index in [0.29, 0.717) is 16.3 Å². The van der Waals surface area contributed by atoms with Gasteiger partial charge in [0, 0.05) is 10.9 Å². The van der Waals surface area contributed by atoms with Crippen LogP contribution in [0.25, 0.3) is 22.9 Å². The van der Waals surface area contributed by atoms with Crippen molar-refractivity contribution in [3.05, 3.63) is 75.9 Å². The Balaban J connectivity index is 2.00. The van der Waals surface area contributed by atoms with Crippen LogP contribution in [0.1, 0.15) is 16.1 Å². The third kappa shape index (κ3) is 3.81. The summed E-state index contributed by atoms with van der Waals surface area (Å²) in [6, 6.07) is 12.6. The summed E-state index contributed by atoms with van der Waals surface area (Å²) in [4.78, 5) is 4.29. The number of benzene rings is 2. The van der Waals surface area contributed by atoms with Gasteiger partial charge in [0.05, 0.1) is 16.8 Å². The Morgan fingerprint density at radius 2 is 1.77 bits per heavy atom. The molecule has 0 radical (unpaired) electrons. The predicted molar refractivity (Wildman–Crippen MR) is 92.4 cm³/mol. The van der Waals surface area contributed by atoms with E-state index in [1.807, 2.05) is 6.07 Å². The van der Waals surface area contributed by atoms with Crippen molar-refractivity contribution in [1.29, 1.82) is 5.26 Å². The maximum atomic E-state index is 13.1. The van der Waals surface area contributed by atoms with Gasteiger partial charge in [0.1, 0.15) is 16.9 Å². The quantitative estimate of drug-likeness (QED) is 0.414. The van der Waals surface area contributed by atoms with Crippen LogP contribution >= 0.6 is 11.3 Å². The second kappa shape index (κ2) is 7.10. The summed E-state index contributed by atoms with van der Waals surface area (Å²) in [7, 11) is 0. The molecule has 1 heterocycles. The van der Waals surface area contributed by atoms with Gasteiger partial charge in [-0.15, -0.1) is 11.3 Å². The molecule has 0 atom stereocenters. The smallest absolute Gasteiger partial charge is 0.235 e. The summed E-state index contributed by atoms with van der Waals surface area (Å²) in [6.45, 7) is 0. The highest BCUT2D eigenvalue weighted by Crippen LogP contribution is 2.34. The fourth-order valence-electron chi connectivity index (χ4n) is 2.33. The monoisotopic (exact) mass is 374 g/mol. The number of hydrogen-bond acceptors (Lipinski definition) is 3. The third-order valence-corrected chi connectivity index (χ3v) is 4.44. The number of nitrogens with zero attached hydrogens (tertiary/aromatic N) is 2. The molecule has 2 aromatic carbocycles. The summed E-state index contributed by atoms with van der Waals surface area (Å²) in [5.74, 6) is -0.384. The number of alkyl halides is 3. The molecule has 0 amide bonds. The maximum Gasteiger partial charge on any atom is 0.416 e. The van der Waals surface area contributed by atoms with E-state index in [0.717, 1.165) is 17.4 Å². The molecular weight excluding hydrogens is 364 g/mol. The van der Waals surface area contributed by atoms with Crippen molar-refractivity contribution in [1.82, 2.24) is 4.98 Å². The number of halogens is 4. The van der Waals surface area contributed by atoms with E-state index in [-0.39, 0.29) is 17.0 Å². The van der Waals surface area contributed by atoms with Gasteiger partial charge < -0.3 is 0 Å². The van der Waals surface area contributed by atoms with Gasteiger partial charge in [-0.3, -0.25) is 0 Å². The standard InChI is InChI=1S/C19H10F4N2S/c20-15-7-5-12(6-8-15)17-11-26-18(25-17)14(10-24)9-13-3-1-2-4-16(13)19(21,22)23/h1-9,11H. The number of thiazole rings is 1. The molecular formula is C19H10F4N2S. The van der Waals surface area contributed by atoms with Crippen LogP contribution in [0.2, 0.25) is 0 Å². The fourth-order valence-corrected chi connectivity index (χ4v) is 3.12. The molecule has 0 spiro atoms. The lowest BCUT2D eigenvalue weighted by molar-refractivity contribution is -0.137. The van der Waals surface area contributed by atoms with Gasteiger partial charge in [-0.25, -0.2) is 9.37 Å². The zero-order valence-electron chi connectivity index (χ0n) is 13.1. The third-order valence-electron chi connectivity index (χ3n) is 3.56. The second-order valence-corrected chi connectivity index (χ2v) is 6.16. The van der Waals surface area contributed by atoms with E-state index in [1.165, 1.54) is 36.4 Å². The highest BCUT2D eigenvalue weighted by Gasteiger charge is 2.32. The minimum atomic E-state index is -4.52. The first-order valence-corrected chi connectivity index (χ1v) is 8.26. The molecule has 0 fully saturated rings. The van der Waals surface area contributed by atoms with Crippen LogP contribution in [0.5, 0.6) is 0 Å². The van der Waals surface area contributed by atoms with E-state index >= 15 is 0 Å². The molecule has 7 heteroatoms. The highest BCUT2D eigenvalue weighted by molar-refractivity contribution is 7.11. The summed E-state index contributed by atoms with van der Waals surface area (Å²) < 4.78 is 52.3. The first-order chi connectivity index (χ1) is 12.4. The second-order valence-electron chi connectivity index (χ2n) is 5.30. The zero-order chi connectivity index (χ0) is 18.7. The number of nitriles is 1. The molecule has 130 valence electrons. The van der Waals surface area contributed by atoms with Gasteiger partial charge in [-0.1, -0.05) is 18.2 Å². The topological polar surface area (TPSA) is 36.7 Å². The molecule has 0 unspecified atom stereocenters. The van der Waals surface area contributed by atoms with Crippen molar-refractivity contribution in [2.24, 2.45) is 0 Å². The molecule has 0 aliphatic carbocycles. The fraction of sp³-hybridized carbons (Fsp3) is 0.0526. The van der Waals surface area contributed by atoms with Crippen molar-refractivity contribution in [3.63, 3.8) is 0 Å². The summed E-state index contributed by atoms with van der Waals surface area (Å²) in [5, 5.41) is 11.3. The van der Waals surface area contributed by atoms with Crippen LogP contribution in [0.15, 0.2) is 53.9 Å². The molecule has 0 N–H and O–H groups in total. The molecule has 0 aliphatic rings. The number of hydrogen-bond donors (Lipinski definition) is 0. The van der Waals surface area contributed by atoms with Crippen molar-refractivity contribution >= 4 is 23.0 Å². The first kappa shape index (κ1) is 17.8. The van der Waals surface area contributed by atoms with Gasteiger partial charge in [0.25, 0.3) is 0 Å². The first-order valence-electron chi connectivity index (χ1n) is 7.38. The van der Waals surface area contributed by atoms with E-state index in [9.17, 15) is 22.8 Å². The van der Waals surface area contributed by atoms with E-state index < -0.39 is 11.7 Å². The minimum Gasteiger partial charge on any atom is -0.235 e. The minimum absolute atomic E-state index is 0.0278. The largest absolute Gasteiger partial charge is 0.416 e. The molecule has 0 bridgehead atoms. The van der Waals surface area contributed by atoms with Gasteiger partial charge in [-0.2, -0.15) is 18.4 Å². The van der Waals surface area contributed by atoms with Crippen LogP contribution in [0.3, 0.4) is 0 Å². The molecule has 3 aromatic rings. The number of rotatable bonds is 3. The number of aromatic nitrogens is 1. The van der Waals surface area contributed by atoms with Crippen LogP contribution < -0.4 is 0 Å². The Morgan fingerprint density at radius 3 is 2.42 bits per heavy atom. The van der Waals surface area contributed by atoms with Crippen molar-refractivity contribution in [2.75, 3.05) is 0 Å². The maximum absolute atomic E-state index is 13.1. The van der Waals surface area contributed by atoms with Gasteiger partial charge in [0.15, 0.2) is 0 Å². The van der Waals surface area contributed by atoms with Crippen LogP contribution in [0, 0.1) is 17.1 Å². The normalized spacial score (nSPS) is 12.0. The lowest BCUT2D eigenvalue weighted by Gasteiger charge is -2.09. The Bertz CT molecular complexity index is 995. The Kier molecular flexibility index (Phi) is 4.87. The average Bonchev–Trinajstić information content (AvgIpc) is 3.09. The highest BCUT2D eigenvalue weighted by atomic mass is 32.1. The molecule has 1 aromatic heterocycles.